The number of aryl methyl sites for hydroxylation is 1. The fraction of sp³-hybridized carbons (Fsp3) is 0.426. The number of benzene rings is 4. The first-order chi connectivity index (χ1) is 40.1. The van der Waals surface area contributed by atoms with Crippen LogP contribution in [0.2, 0.25) is 5.02 Å². The molecule has 4 aromatic carbocycles. The topological polar surface area (TPSA) is 229 Å². The van der Waals surface area contributed by atoms with E-state index in [9.17, 15) is 28.2 Å². The summed E-state index contributed by atoms with van der Waals surface area (Å²) < 4.78 is 55.3. The normalized spacial score (nSPS) is 21.1. The van der Waals surface area contributed by atoms with E-state index in [1.165, 1.54) is 30.1 Å². The number of nitrogens with one attached hydrogen (secondary N) is 2. The first-order valence-electron chi connectivity index (χ1n) is 27.5. The van der Waals surface area contributed by atoms with Crippen LogP contribution in [0.1, 0.15) is 98.1 Å². The zero-order valence-corrected chi connectivity index (χ0v) is 50.9. The quantitative estimate of drug-likeness (QED) is 0.0207. The van der Waals surface area contributed by atoms with Crippen molar-refractivity contribution in [3.63, 3.8) is 0 Å². The number of ether oxygens (including phenoxy) is 7. The maximum absolute atomic E-state index is 14.7. The number of amides is 3. The van der Waals surface area contributed by atoms with E-state index in [0.717, 1.165) is 36.8 Å². The van der Waals surface area contributed by atoms with Crippen LogP contribution in [0.5, 0.6) is 28.7 Å². The van der Waals surface area contributed by atoms with Gasteiger partial charge in [0.05, 0.1) is 73.1 Å². The summed E-state index contributed by atoms with van der Waals surface area (Å²) in [6, 6.07) is 23.8. The Hall–Kier alpha value is -7.53. The average Bonchev–Trinajstić information content (AvgIpc) is 1.16. The van der Waals surface area contributed by atoms with E-state index in [2.05, 4.69) is 20.8 Å². The number of halogens is 1. The number of β-lactam (4-membered cyclic amide) rings is 1. The molecule has 0 bridgehead atoms. The molecule has 0 spiro atoms. The third-order valence-electron chi connectivity index (χ3n) is 15.5. The molecule has 1 unspecified atom stereocenters. The van der Waals surface area contributed by atoms with E-state index >= 15 is 0 Å². The van der Waals surface area contributed by atoms with Gasteiger partial charge in [0.1, 0.15) is 77.6 Å². The predicted molar refractivity (Wildman–Crippen MR) is 314 cm³/mol. The number of nitrogens with zero attached hydrogens (tertiary/aromatic N) is 4. The molecule has 9 rings (SSSR count). The fourth-order valence-corrected chi connectivity index (χ4v) is 13.7. The van der Waals surface area contributed by atoms with Gasteiger partial charge < -0.3 is 53.1 Å². The highest BCUT2D eigenvalue weighted by Crippen LogP contribution is 2.48. The summed E-state index contributed by atoms with van der Waals surface area (Å²) in [6.07, 6.45) is 3.08. The summed E-state index contributed by atoms with van der Waals surface area (Å²) in [5.41, 5.74) is -0.263. The van der Waals surface area contributed by atoms with E-state index < -0.39 is 68.6 Å². The maximum atomic E-state index is 14.7. The van der Waals surface area contributed by atoms with Crippen LogP contribution in [0.3, 0.4) is 0 Å². The number of carbonyl (C=O) groups is 5. The Labute approximate surface area is 499 Å². The van der Waals surface area contributed by atoms with Crippen molar-refractivity contribution in [3.05, 3.63) is 140 Å². The summed E-state index contributed by atoms with van der Waals surface area (Å²) in [6.45, 7) is 11.7. The number of fused-ring (bicyclic) bond motifs is 2. The van der Waals surface area contributed by atoms with E-state index in [0.29, 0.717) is 56.7 Å². The van der Waals surface area contributed by atoms with Crippen LogP contribution in [-0.4, -0.2) is 135 Å². The molecule has 3 fully saturated rings. The summed E-state index contributed by atoms with van der Waals surface area (Å²) in [4.78, 5) is 82.6. The third-order valence-corrected chi connectivity index (χ3v) is 18.3. The summed E-state index contributed by atoms with van der Waals surface area (Å²) in [5, 5.41) is 11.1. The van der Waals surface area contributed by atoms with E-state index in [1.54, 1.807) is 90.8 Å². The minimum absolute atomic E-state index is 0.0393. The number of hydrogen-bond donors (Lipinski definition) is 2. The van der Waals surface area contributed by atoms with Gasteiger partial charge in [-0.15, -0.1) is 11.3 Å². The molecule has 84 heavy (non-hydrogen) atoms. The second kappa shape index (κ2) is 25.4. The number of esters is 2. The average molecular weight is 1210 g/mol. The molecule has 2 N–H and O–H groups in total. The molecule has 5 heterocycles. The molecule has 1 aromatic heterocycles. The lowest BCUT2D eigenvalue weighted by molar-refractivity contribution is -0.946. The summed E-state index contributed by atoms with van der Waals surface area (Å²) in [5.74, 6) is -1.12. The second-order valence-corrected chi connectivity index (χ2v) is 25.6. The van der Waals surface area contributed by atoms with Gasteiger partial charge in [-0.2, -0.15) is 0 Å². The second-order valence-electron chi connectivity index (χ2n) is 22.6. The van der Waals surface area contributed by atoms with Crippen molar-refractivity contribution in [1.82, 2.24) is 20.5 Å². The molecule has 3 amide bonds. The van der Waals surface area contributed by atoms with Crippen molar-refractivity contribution < 1.29 is 70.7 Å². The Morgan fingerprint density at radius 2 is 1.39 bits per heavy atom. The Morgan fingerprint density at radius 1 is 0.821 bits per heavy atom. The van der Waals surface area contributed by atoms with Crippen LogP contribution in [0.15, 0.2) is 107 Å². The van der Waals surface area contributed by atoms with Gasteiger partial charge in [0.25, 0.3) is 17.7 Å². The van der Waals surface area contributed by atoms with Crippen LogP contribution < -0.4 is 34.3 Å². The smallest absolute Gasteiger partial charge is 0.355 e. The zero-order valence-electron chi connectivity index (χ0n) is 48.5. The van der Waals surface area contributed by atoms with Gasteiger partial charge in [0.2, 0.25) is 5.60 Å². The molecule has 446 valence electrons. The molecule has 0 aliphatic carbocycles. The van der Waals surface area contributed by atoms with E-state index in [-0.39, 0.29) is 72.1 Å². The maximum Gasteiger partial charge on any atom is 0.355 e. The van der Waals surface area contributed by atoms with Crippen molar-refractivity contribution >= 4 is 69.1 Å². The van der Waals surface area contributed by atoms with Crippen LogP contribution >= 0.6 is 22.9 Å². The SMILES string of the molecule is COc1ccc(COC(=O)C2=C(C[N+]34CCCC3(CNC(=O)c3ccc(OCc5ccc(OC)cc5)c(OCc5ccc(OC)cc5)c3Cl)CCC4)CS(=O)[C@@H]3[C@H](NC(=O)/C(=N\OC(C)(C)C(=O)OC(C)(C)C)c4csc(C)n4)C(=O)N23)cc1. The molecule has 4 aliphatic rings. The van der Waals surface area contributed by atoms with Crippen LogP contribution in [0.4, 0.5) is 0 Å². The van der Waals surface area contributed by atoms with Gasteiger partial charge in [-0.05, 0) is 107 Å². The van der Waals surface area contributed by atoms with Crippen molar-refractivity contribution in [2.24, 2.45) is 5.16 Å². The number of aromatic nitrogens is 1. The van der Waals surface area contributed by atoms with Crippen molar-refractivity contribution in [1.29, 1.82) is 0 Å². The van der Waals surface area contributed by atoms with Crippen LogP contribution in [0, 0.1) is 6.92 Å². The molecule has 23 heteroatoms. The van der Waals surface area contributed by atoms with Crippen LogP contribution in [-0.2, 0) is 64.1 Å². The highest BCUT2D eigenvalue weighted by Gasteiger charge is 2.62. The lowest BCUT2D eigenvalue weighted by Crippen LogP contribution is -2.74. The van der Waals surface area contributed by atoms with Gasteiger partial charge in [-0.3, -0.25) is 23.5 Å². The number of quaternary nitrogens is 1. The largest absolute Gasteiger partial charge is 0.497 e. The summed E-state index contributed by atoms with van der Waals surface area (Å²) >= 11 is 8.39. The lowest BCUT2D eigenvalue weighted by atomic mass is 9.91. The van der Waals surface area contributed by atoms with Gasteiger partial charge in [-0.1, -0.05) is 53.2 Å². The minimum Gasteiger partial charge on any atom is -0.497 e. The van der Waals surface area contributed by atoms with E-state index in [4.69, 9.17) is 49.6 Å². The molecular weight excluding hydrogens is 1140 g/mol. The first-order valence-corrected chi connectivity index (χ1v) is 30.1. The minimum atomic E-state index is -1.85. The standard InChI is InChI=1S/C61H69ClN6O14S2/c1-37-64-46(34-83-37)49(66-82-60(5,6)58(73)81-59(2,3)4)54(70)65-50-55(71)67-51(57(72)80-33-40-16-22-44(77-9)23-17-40)41(35-84(74)56(50)67)30-68-28-10-26-61(68,27-11-29-68)36-63-53(69)45-24-25-47(78-31-38-12-18-42(75-7)19-13-38)52(48(45)62)79-32-39-14-20-43(76-8)21-15-39/h12-25,34,50,56H,10-11,26-33,35-36H2,1-9H3,(H-,63,65,69,70)/p+1/b66-49-/t50-,56-,61?,68?,84?/m1/s1. The molecule has 0 saturated carbocycles. The molecule has 20 nitrogen and oxygen atoms in total. The van der Waals surface area contributed by atoms with Crippen LogP contribution in [0.25, 0.3) is 0 Å². The van der Waals surface area contributed by atoms with Gasteiger partial charge in [0.15, 0.2) is 17.2 Å². The Kier molecular flexibility index (Phi) is 18.4. The van der Waals surface area contributed by atoms with Gasteiger partial charge >= 0.3 is 11.9 Å². The highest BCUT2D eigenvalue weighted by atomic mass is 35.5. The zero-order chi connectivity index (χ0) is 60.1. The van der Waals surface area contributed by atoms with Crippen molar-refractivity contribution in [2.75, 3.05) is 53.3 Å². The Bertz CT molecular complexity index is 3370. The highest BCUT2D eigenvalue weighted by molar-refractivity contribution is 7.86. The molecule has 3 atom stereocenters. The number of carbonyl (C=O) groups excluding carboxylic acids is 5. The molecular formula is C61H70ClN6O14S2+. The predicted octanol–water partition coefficient (Wildman–Crippen LogP) is 8.12. The van der Waals surface area contributed by atoms with Gasteiger partial charge in [0, 0.05) is 36.6 Å². The number of hydrogen-bond acceptors (Lipinski definition) is 17. The molecule has 0 radical (unpaired) electrons. The van der Waals surface area contributed by atoms with Crippen molar-refractivity contribution in [3.8, 4) is 28.7 Å². The Balaban J connectivity index is 0.972. The van der Waals surface area contributed by atoms with Crippen molar-refractivity contribution in [2.45, 2.75) is 115 Å². The fourth-order valence-electron chi connectivity index (χ4n) is 11.1. The molecule has 3 saturated heterocycles. The molecule has 5 aromatic rings. The monoisotopic (exact) mass is 1210 g/mol. The number of methoxy groups -OCH3 is 3. The third kappa shape index (κ3) is 13.2. The number of thiazole rings is 1. The number of oxime groups is 1. The summed E-state index contributed by atoms with van der Waals surface area (Å²) in [7, 11) is 2.88. The first kappa shape index (κ1) is 61.0. The lowest BCUT2D eigenvalue weighted by Gasteiger charge is -2.51. The van der Waals surface area contributed by atoms with Gasteiger partial charge in [-0.25, -0.2) is 14.6 Å². The Morgan fingerprint density at radius 3 is 1.94 bits per heavy atom. The number of rotatable bonds is 23. The molecule has 4 aliphatic heterocycles. The van der Waals surface area contributed by atoms with E-state index in [1.807, 2.05) is 48.5 Å².